The van der Waals surface area contributed by atoms with E-state index in [0.29, 0.717) is 51.0 Å². The Bertz CT molecular complexity index is 1830. The Balaban J connectivity index is 0.00000436. The number of hydrogen-bond donors (Lipinski definition) is 3. The maximum absolute atomic E-state index is 14.5. The molecule has 4 heterocycles. The van der Waals surface area contributed by atoms with Gasteiger partial charge < -0.3 is 44.7 Å². The number of aliphatic hydroxyl groups excluding tert-OH is 1. The number of rotatable bonds is 12. The number of cyclic esters (lactones) is 1. The molecule has 1 amide bonds. The van der Waals surface area contributed by atoms with Gasteiger partial charge in [-0.25, -0.2) is 4.79 Å². The minimum absolute atomic E-state index is 0. The van der Waals surface area contributed by atoms with Crippen molar-refractivity contribution in [2.24, 2.45) is 23.7 Å². The lowest BCUT2D eigenvalue weighted by Crippen LogP contribution is -2.62. The van der Waals surface area contributed by atoms with Gasteiger partial charge in [-0.3, -0.25) is 19.2 Å². The number of carbonyl (C=O) groups excluding carboxylic acids is 3. The number of amides is 1. The molecular formula is C50H91N7O9. The second-order valence-electron chi connectivity index (χ2n) is 18.9. The summed E-state index contributed by atoms with van der Waals surface area (Å²) < 4.78 is 33.7. The number of ketones is 1. The number of aryl methyl sites for hydroxylation is 1. The average Bonchev–Trinajstić information content (AvgIpc) is 3.89. The number of esters is 1. The maximum Gasteiger partial charge on any atom is 0.410 e. The van der Waals surface area contributed by atoms with E-state index in [4.69, 9.17) is 29.4 Å². The van der Waals surface area contributed by atoms with E-state index in [1.54, 1.807) is 25.6 Å². The number of nitrogens with two attached hydrogens (primary N) is 1. The molecule has 0 spiro atoms. The Labute approximate surface area is 398 Å². The Hall–Kier alpha value is -3.67. The monoisotopic (exact) mass is 934 g/mol. The van der Waals surface area contributed by atoms with Gasteiger partial charge in [0.2, 0.25) is 0 Å². The molecule has 13 atom stereocenters. The summed E-state index contributed by atoms with van der Waals surface area (Å²) >= 11 is 0. The topological polar surface area (TPSA) is 193 Å². The first-order chi connectivity index (χ1) is 28.9. The number of likely N-dealkylation sites (N-methyl/N-ethyl adjacent to an activating group) is 1. The number of ether oxygens (including phenoxy) is 5. The predicted octanol–water partition coefficient (Wildman–Crippen LogP) is 7.85. The van der Waals surface area contributed by atoms with Crippen LogP contribution < -0.4 is 11.1 Å². The molecule has 1 saturated carbocycles. The van der Waals surface area contributed by atoms with Crippen molar-refractivity contribution in [3.8, 4) is 11.3 Å². The second kappa shape index (κ2) is 25.1. The normalized spacial score (nSPS) is 34.1. The molecule has 66 heavy (non-hydrogen) atoms. The Morgan fingerprint density at radius 2 is 1.68 bits per heavy atom. The molecule has 380 valence electrons. The van der Waals surface area contributed by atoms with Crippen LogP contribution in [-0.2, 0) is 39.8 Å². The van der Waals surface area contributed by atoms with Gasteiger partial charge in [0.05, 0.1) is 30.0 Å². The number of Topliss-reactive ketones (excluding diaryl/α,β-unsaturated/α-hetero) is 1. The minimum Gasteiger partial charge on any atom is -0.458 e. The highest BCUT2D eigenvalue weighted by Crippen LogP contribution is 2.45. The van der Waals surface area contributed by atoms with Crippen molar-refractivity contribution in [1.29, 1.82) is 0 Å². The smallest absolute Gasteiger partial charge is 0.410 e. The summed E-state index contributed by atoms with van der Waals surface area (Å²) in [5, 5.41) is 24.0. The first-order valence-corrected chi connectivity index (χ1v) is 22.3. The number of hydrogen-bond acceptors (Lipinski definition) is 14. The van der Waals surface area contributed by atoms with Crippen molar-refractivity contribution in [2.75, 3.05) is 40.0 Å². The number of aliphatic hydroxyl groups is 1. The molecule has 3 aliphatic heterocycles. The third kappa shape index (κ3) is 13.1. The van der Waals surface area contributed by atoms with Crippen molar-refractivity contribution in [1.82, 2.24) is 30.1 Å². The summed E-state index contributed by atoms with van der Waals surface area (Å²) in [6.07, 6.45) is 2.33. The zero-order valence-electron chi connectivity index (χ0n) is 37.9. The number of fused-ring (bicyclic) bond motifs is 1. The molecule has 3 unspecified atom stereocenters. The van der Waals surface area contributed by atoms with Crippen molar-refractivity contribution in [3.05, 3.63) is 30.5 Å². The van der Waals surface area contributed by atoms with Crippen LogP contribution >= 0.6 is 0 Å². The quantitative estimate of drug-likeness (QED) is 0.0806. The molecular weight excluding hydrogens is 843 g/mol. The van der Waals surface area contributed by atoms with Gasteiger partial charge in [0, 0.05) is 49.5 Å². The Morgan fingerprint density at radius 1 is 1.02 bits per heavy atom. The van der Waals surface area contributed by atoms with E-state index in [2.05, 4.69) is 22.6 Å². The largest absolute Gasteiger partial charge is 0.458 e. The third-order valence-corrected chi connectivity index (χ3v) is 13.7. The highest BCUT2D eigenvalue weighted by atomic mass is 16.7. The molecule has 4 N–H and O–H groups in total. The van der Waals surface area contributed by atoms with Crippen LogP contribution in [0.5, 0.6) is 0 Å². The third-order valence-electron chi connectivity index (χ3n) is 13.7. The zero-order chi connectivity index (χ0) is 44.4. The minimum atomic E-state index is -1.21. The molecule has 1 aromatic carbocycles. The van der Waals surface area contributed by atoms with Gasteiger partial charge >= 0.3 is 12.1 Å². The van der Waals surface area contributed by atoms with Crippen LogP contribution in [-0.4, -0.2) is 142 Å². The lowest BCUT2D eigenvalue weighted by atomic mass is 9.78. The van der Waals surface area contributed by atoms with Gasteiger partial charge in [-0.15, -0.1) is 5.10 Å². The maximum atomic E-state index is 14.5. The van der Waals surface area contributed by atoms with Crippen LogP contribution in [0.4, 0.5) is 10.5 Å². The number of nitrogens with zero attached hydrogens (tertiary/aromatic N) is 5. The molecule has 2 aromatic rings. The molecule has 16 heteroatoms. The van der Waals surface area contributed by atoms with Crippen LogP contribution in [0.1, 0.15) is 131 Å². The standard InChI is InChI=1S/C45H71N7O9.5CH4/c1-11-35-45(7)39(52(43(56)61-45)20-13-12-19-51-25-33(48-49-51)31-15-14-16-32(46)22-31)36(30-17-18-30)47-24-26(2)23-44(6,57-10)40(28(4)37(53)29(5)41(55)59-35)60-42-38(54)34(50(8)9)21-27(3)58-42;;;;;/h14-16,22,25-30,34-36,38-40,42,47,54H,11-13,17-21,23-24,46H2,1-10H3;5*1H4/t26-,27?,28+,29-,34?,35-,36-,38?,39-,40-,42+,44-,45-;;;;;/m1...../s1. The molecule has 6 rings (SSSR count). The number of anilines is 1. The summed E-state index contributed by atoms with van der Waals surface area (Å²) in [5.41, 5.74) is 6.02. The lowest BCUT2D eigenvalue weighted by Gasteiger charge is -2.46. The Kier molecular flexibility index (Phi) is 22.9. The van der Waals surface area contributed by atoms with Crippen molar-refractivity contribution < 1.29 is 43.2 Å². The van der Waals surface area contributed by atoms with Crippen molar-refractivity contribution >= 4 is 23.5 Å². The van der Waals surface area contributed by atoms with Gasteiger partial charge in [-0.05, 0) is 117 Å². The average molecular weight is 934 g/mol. The number of methoxy groups -OCH3 is 1. The highest BCUT2D eigenvalue weighted by molar-refractivity contribution is 6.00. The fourth-order valence-electron chi connectivity index (χ4n) is 10.1. The van der Waals surface area contributed by atoms with Gasteiger partial charge in [-0.2, -0.15) is 0 Å². The van der Waals surface area contributed by atoms with Gasteiger partial charge in [0.1, 0.15) is 23.8 Å². The molecule has 3 saturated heterocycles. The van der Waals surface area contributed by atoms with E-state index in [9.17, 15) is 19.5 Å². The summed E-state index contributed by atoms with van der Waals surface area (Å²) in [7, 11) is 5.43. The molecule has 0 bridgehead atoms. The molecule has 0 radical (unpaired) electrons. The van der Waals surface area contributed by atoms with E-state index in [1.807, 2.05) is 82.1 Å². The highest BCUT2D eigenvalue weighted by Gasteiger charge is 2.61. The molecule has 1 aromatic heterocycles. The van der Waals surface area contributed by atoms with E-state index in [1.165, 1.54) is 0 Å². The Morgan fingerprint density at radius 3 is 2.29 bits per heavy atom. The summed E-state index contributed by atoms with van der Waals surface area (Å²) in [6, 6.07) is 6.67. The number of aromatic nitrogens is 3. The fraction of sp³-hybridized carbons (Fsp3) is 0.780. The molecule has 4 fully saturated rings. The zero-order valence-corrected chi connectivity index (χ0v) is 37.9. The predicted molar refractivity (Wildman–Crippen MR) is 263 cm³/mol. The SMILES string of the molecule is C.C.C.C.C.CC[C@H]1OC(=O)[C@H](C)C(=O)[C@H](C)[C@@H](O[C@@H]2OC(C)CC(N(C)C)C2O)[C@](C)(OC)C[C@@H](C)CN[C@H](C2CC2)[C@H]2N(CCCCn3cc(-c4cccc(N)c4)nn3)C(=O)O[C@]12C. The first-order valence-electron chi connectivity index (χ1n) is 22.3. The number of carbonyl (C=O) groups is 3. The van der Waals surface area contributed by atoms with Crippen LogP contribution in [0.25, 0.3) is 11.3 Å². The lowest BCUT2D eigenvalue weighted by molar-refractivity contribution is -0.295. The van der Waals surface area contributed by atoms with Crippen LogP contribution in [0, 0.1) is 23.7 Å². The first kappa shape index (κ1) is 60.3. The number of nitrogen functional groups attached to an aromatic ring is 1. The number of unbranched alkanes of at least 4 members (excludes halogenated alkanes) is 1. The summed E-state index contributed by atoms with van der Waals surface area (Å²) in [4.78, 5) is 46.5. The van der Waals surface area contributed by atoms with Gasteiger partial charge in [0.25, 0.3) is 0 Å². The molecule has 16 nitrogen and oxygen atoms in total. The second-order valence-corrected chi connectivity index (χ2v) is 18.9. The van der Waals surface area contributed by atoms with Gasteiger partial charge in [0.15, 0.2) is 17.7 Å². The van der Waals surface area contributed by atoms with Crippen LogP contribution in [0.2, 0.25) is 0 Å². The fourth-order valence-corrected chi connectivity index (χ4v) is 10.1. The van der Waals surface area contributed by atoms with Crippen LogP contribution in [0.15, 0.2) is 30.5 Å². The van der Waals surface area contributed by atoms with E-state index >= 15 is 0 Å². The molecule has 4 aliphatic rings. The van der Waals surface area contributed by atoms with Crippen molar-refractivity contribution in [2.45, 2.75) is 197 Å². The van der Waals surface area contributed by atoms with E-state index < -0.39 is 65.7 Å². The summed E-state index contributed by atoms with van der Waals surface area (Å²) in [6.45, 7) is 14.7. The van der Waals surface area contributed by atoms with E-state index in [0.717, 1.165) is 30.5 Å². The number of benzene rings is 1. The molecule has 1 aliphatic carbocycles. The van der Waals surface area contributed by atoms with Crippen LogP contribution in [0.3, 0.4) is 0 Å². The number of nitrogens with one attached hydrogen (secondary N) is 1. The van der Waals surface area contributed by atoms with Crippen molar-refractivity contribution in [3.63, 3.8) is 0 Å². The van der Waals surface area contributed by atoms with E-state index in [-0.39, 0.29) is 72.9 Å². The summed E-state index contributed by atoms with van der Waals surface area (Å²) in [5.74, 6) is -2.83. The van der Waals surface area contributed by atoms with Gasteiger partial charge in [-0.1, -0.05) is 75.3 Å².